The van der Waals surface area contributed by atoms with E-state index in [4.69, 9.17) is 9.47 Å². The van der Waals surface area contributed by atoms with Crippen LogP contribution in [0.2, 0.25) is 0 Å². The molecule has 1 aromatic rings. The molecule has 2 unspecified atom stereocenters. The van der Waals surface area contributed by atoms with Crippen molar-refractivity contribution >= 4 is 21.9 Å². The highest BCUT2D eigenvalue weighted by Gasteiger charge is 2.30. The number of carbonyl (C=O) groups excluding carboxylic acids is 1. The fraction of sp³-hybridized carbons (Fsp3) is 0.462. The zero-order valence-corrected chi connectivity index (χ0v) is 11.8. The summed E-state index contributed by atoms with van der Waals surface area (Å²) >= 11 is 3.38. The second kappa shape index (κ2) is 6.31. The van der Waals surface area contributed by atoms with E-state index >= 15 is 0 Å². The van der Waals surface area contributed by atoms with Crippen LogP contribution in [0.25, 0.3) is 0 Å². The molecule has 0 radical (unpaired) electrons. The highest BCUT2D eigenvalue weighted by atomic mass is 79.9. The van der Waals surface area contributed by atoms with Crippen molar-refractivity contribution in [2.45, 2.75) is 25.2 Å². The summed E-state index contributed by atoms with van der Waals surface area (Å²) in [6.07, 6.45) is 0.779. The highest BCUT2D eigenvalue weighted by Crippen LogP contribution is 2.14. The van der Waals surface area contributed by atoms with Gasteiger partial charge in [0.15, 0.2) is 0 Å². The Bertz CT molecular complexity index is 424. The predicted octanol–water partition coefficient (Wildman–Crippen LogP) is 1.87. The Labute approximate surface area is 115 Å². The van der Waals surface area contributed by atoms with Gasteiger partial charge in [-0.2, -0.15) is 0 Å². The second-order valence-corrected chi connectivity index (χ2v) is 5.21. The van der Waals surface area contributed by atoms with Crippen molar-refractivity contribution in [3.8, 4) is 0 Å². The van der Waals surface area contributed by atoms with Crippen LogP contribution in [0.5, 0.6) is 0 Å². The molecule has 0 aromatic heterocycles. The van der Waals surface area contributed by atoms with Crippen LogP contribution in [0.15, 0.2) is 28.7 Å². The van der Waals surface area contributed by atoms with Crippen LogP contribution in [0, 0.1) is 0 Å². The molecule has 0 aliphatic carbocycles. The SMILES string of the molecule is COC1CNC(C(=O)OCc2cccc(Br)c2)C1. The van der Waals surface area contributed by atoms with Crippen molar-refractivity contribution in [3.63, 3.8) is 0 Å². The summed E-state index contributed by atoms with van der Waals surface area (Å²) in [5, 5.41) is 3.10. The Morgan fingerprint density at radius 1 is 1.56 bits per heavy atom. The molecule has 98 valence electrons. The van der Waals surface area contributed by atoms with Crippen molar-refractivity contribution in [1.82, 2.24) is 5.32 Å². The lowest BCUT2D eigenvalue weighted by molar-refractivity contribution is -0.147. The molecule has 18 heavy (non-hydrogen) atoms. The topological polar surface area (TPSA) is 47.6 Å². The molecule has 0 bridgehead atoms. The molecule has 1 aliphatic heterocycles. The van der Waals surface area contributed by atoms with Gasteiger partial charge in [-0.1, -0.05) is 28.1 Å². The van der Waals surface area contributed by atoms with Crippen LogP contribution in [0.3, 0.4) is 0 Å². The molecule has 1 N–H and O–H groups in total. The van der Waals surface area contributed by atoms with E-state index in [0.717, 1.165) is 10.0 Å². The zero-order valence-electron chi connectivity index (χ0n) is 10.2. The van der Waals surface area contributed by atoms with Gasteiger partial charge in [-0.05, 0) is 17.7 Å². The van der Waals surface area contributed by atoms with Gasteiger partial charge in [-0.25, -0.2) is 0 Å². The lowest BCUT2D eigenvalue weighted by atomic mass is 10.2. The maximum Gasteiger partial charge on any atom is 0.323 e. The summed E-state index contributed by atoms with van der Waals surface area (Å²) in [6, 6.07) is 7.47. The van der Waals surface area contributed by atoms with E-state index in [9.17, 15) is 4.79 Å². The lowest BCUT2D eigenvalue weighted by Crippen LogP contribution is -2.32. The first-order chi connectivity index (χ1) is 8.69. The van der Waals surface area contributed by atoms with Gasteiger partial charge in [0.05, 0.1) is 6.10 Å². The number of benzene rings is 1. The molecule has 1 fully saturated rings. The third-order valence-corrected chi connectivity index (χ3v) is 3.47. The van der Waals surface area contributed by atoms with Gasteiger partial charge in [-0.3, -0.25) is 4.79 Å². The minimum absolute atomic E-state index is 0.105. The van der Waals surface area contributed by atoms with E-state index < -0.39 is 0 Å². The Kier molecular flexibility index (Phi) is 4.74. The molecular formula is C13H16BrNO3. The van der Waals surface area contributed by atoms with Crippen molar-refractivity contribution in [1.29, 1.82) is 0 Å². The minimum atomic E-state index is -0.248. The molecule has 0 saturated carbocycles. The summed E-state index contributed by atoms with van der Waals surface area (Å²) in [5.41, 5.74) is 0.971. The number of halogens is 1. The summed E-state index contributed by atoms with van der Waals surface area (Å²) < 4.78 is 11.5. The van der Waals surface area contributed by atoms with Crippen LogP contribution in [0.1, 0.15) is 12.0 Å². The Hall–Kier alpha value is -0.910. The number of rotatable bonds is 4. The third-order valence-electron chi connectivity index (χ3n) is 2.98. The standard InChI is InChI=1S/C13H16BrNO3/c1-17-11-6-12(15-7-11)13(16)18-8-9-3-2-4-10(14)5-9/h2-5,11-12,15H,6-8H2,1H3. The number of ether oxygens (including phenoxy) is 2. The molecule has 4 nitrogen and oxygen atoms in total. The van der Waals surface area contributed by atoms with Gasteiger partial charge in [-0.15, -0.1) is 0 Å². The number of hydrogen-bond donors (Lipinski definition) is 1. The van der Waals surface area contributed by atoms with Crippen molar-refractivity contribution < 1.29 is 14.3 Å². The Morgan fingerprint density at radius 3 is 3.06 bits per heavy atom. The van der Waals surface area contributed by atoms with Crippen LogP contribution in [0.4, 0.5) is 0 Å². The van der Waals surface area contributed by atoms with E-state index in [1.165, 1.54) is 0 Å². The van der Waals surface area contributed by atoms with E-state index in [0.29, 0.717) is 19.6 Å². The fourth-order valence-electron chi connectivity index (χ4n) is 1.94. The largest absolute Gasteiger partial charge is 0.460 e. The zero-order chi connectivity index (χ0) is 13.0. The third kappa shape index (κ3) is 3.54. The van der Waals surface area contributed by atoms with Gasteiger partial charge in [0.1, 0.15) is 12.6 Å². The van der Waals surface area contributed by atoms with Gasteiger partial charge >= 0.3 is 5.97 Å². The first-order valence-electron chi connectivity index (χ1n) is 5.86. The molecule has 0 spiro atoms. The summed E-state index contributed by atoms with van der Waals surface area (Å²) in [7, 11) is 1.65. The summed E-state index contributed by atoms with van der Waals surface area (Å²) in [4.78, 5) is 11.8. The Morgan fingerprint density at radius 2 is 2.39 bits per heavy atom. The van der Waals surface area contributed by atoms with E-state index in [1.54, 1.807) is 7.11 Å². The van der Waals surface area contributed by atoms with E-state index in [1.807, 2.05) is 24.3 Å². The summed E-state index contributed by atoms with van der Waals surface area (Å²) in [6.45, 7) is 1.00. The average Bonchev–Trinajstić information content (AvgIpc) is 2.85. The molecule has 1 heterocycles. The first-order valence-corrected chi connectivity index (χ1v) is 6.65. The average molecular weight is 314 g/mol. The molecule has 1 saturated heterocycles. The molecule has 0 amide bonds. The smallest absolute Gasteiger partial charge is 0.323 e. The molecular weight excluding hydrogens is 298 g/mol. The van der Waals surface area contributed by atoms with Crippen molar-refractivity contribution in [2.24, 2.45) is 0 Å². The molecule has 1 aromatic carbocycles. The number of carbonyl (C=O) groups is 1. The van der Waals surface area contributed by atoms with Gasteiger partial charge in [0.2, 0.25) is 0 Å². The second-order valence-electron chi connectivity index (χ2n) is 4.29. The van der Waals surface area contributed by atoms with Gasteiger partial charge in [0.25, 0.3) is 0 Å². The van der Waals surface area contributed by atoms with E-state index in [2.05, 4.69) is 21.2 Å². The lowest BCUT2D eigenvalue weighted by Gasteiger charge is -2.10. The van der Waals surface area contributed by atoms with Crippen LogP contribution in [-0.2, 0) is 20.9 Å². The molecule has 1 aliphatic rings. The fourth-order valence-corrected chi connectivity index (χ4v) is 2.39. The van der Waals surface area contributed by atoms with Crippen LogP contribution >= 0.6 is 15.9 Å². The maximum absolute atomic E-state index is 11.8. The number of hydrogen-bond acceptors (Lipinski definition) is 4. The highest BCUT2D eigenvalue weighted by molar-refractivity contribution is 9.10. The minimum Gasteiger partial charge on any atom is -0.460 e. The molecule has 2 rings (SSSR count). The quantitative estimate of drug-likeness (QED) is 0.862. The normalized spacial score (nSPS) is 23.0. The predicted molar refractivity (Wildman–Crippen MR) is 71.1 cm³/mol. The summed E-state index contributed by atoms with van der Waals surface area (Å²) in [5.74, 6) is -0.213. The number of esters is 1. The number of methoxy groups -OCH3 is 1. The van der Waals surface area contributed by atoms with Crippen LogP contribution < -0.4 is 5.32 Å². The van der Waals surface area contributed by atoms with Crippen molar-refractivity contribution in [2.75, 3.05) is 13.7 Å². The molecule has 5 heteroatoms. The monoisotopic (exact) mass is 313 g/mol. The van der Waals surface area contributed by atoms with Gasteiger partial charge < -0.3 is 14.8 Å². The van der Waals surface area contributed by atoms with Crippen molar-refractivity contribution in [3.05, 3.63) is 34.3 Å². The Balaban J connectivity index is 1.82. The number of nitrogens with one attached hydrogen (secondary N) is 1. The van der Waals surface area contributed by atoms with Crippen LogP contribution in [-0.4, -0.2) is 31.8 Å². The maximum atomic E-state index is 11.8. The van der Waals surface area contributed by atoms with E-state index in [-0.39, 0.29) is 18.1 Å². The first kappa shape index (κ1) is 13.5. The molecule has 2 atom stereocenters. The van der Waals surface area contributed by atoms with Gasteiger partial charge in [0, 0.05) is 24.5 Å².